The second-order valence-corrected chi connectivity index (χ2v) is 6.81. The number of nitriles is 1. The first-order valence-electron chi connectivity index (χ1n) is 8.95. The van der Waals surface area contributed by atoms with Crippen LogP contribution < -0.4 is 10.1 Å². The summed E-state index contributed by atoms with van der Waals surface area (Å²) in [6.07, 6.45) is 1.25. The molecule has 3 aromatic rings. The Labute approximate surface area is 182 Å². The number of nitrogens with one attached hydrogen (secondary N) is 1. The van der Waals surface area contributed by atoms with Crippen LogP contribution in [0.2, 0.25) is 5.02 Å². The van der Waals surface area contributed by atoms with Gasteiger partial charge in [0.05, 0.1) is 34.4 Å². The number of carbonyl (C=O) groups is 1. The molecule has 3 rings (SSSR count). The van der Waals surface area contributed by atoms with Crippen molar-refractivity contribution < 1.29 is 18.9 Å². The van der Waals surface area contributed by atoms with Gasteiger partial charge < -0.3 is 14.5 Å². The number of aryl methyl sites for hydroxylation is 1. The van der Waals surface area contributed by atoms with Gasteiger partial charge in [-0.3, -0.25) is 14.9 Å². The number of ether oxygens (including phenoxy) is 1. The monoisotopic (exact) mass is 437 g/mol. The van der Waals surface area contributed by atoms with E-state index in [1.807, 2.05) is 6.07 Å². The summed E-state index contributed by atoms with van der Waals surface area (Å²) >= 11 is 6.12. The number of methoxy groups -OCH3 is 1. The first-order chi connectivity index (χ1) is 14.8. The molecular formula is C22H16ClN3O5. The number of nitrogens with zero attached hydrogens (tertiary/aromatic N) is 2. The Kier molecular flexibility index (Phi) is 6.38. The molecule has 0 atom stereocenters. The Hall–Kier alpha value is -4.09. The van der Waals surface area contributed by atoms with Crippen LogP contribution in [-0.2, 0) is 4.79 Å². The number of anilines is 1. The third kappa shape index (κ3) is 4.74. The van der Waals surface area contributed by atoms with Crippen molar-refractivity contribution in [2.24, 2.45) is 0 Å². The summed E-state index contributed by atoms with van der Waals surface area (Å²) < 4.78 is 10.7. The lowest BCUT2D eigenvalue weighted by Gasteiger charge is -2.09. The molecule has 0 aliphatic rings. The van der Waals surface area contributed by atoms with Gasteiger partial charge in [0.2, 0.25) is 0 Å². The quantitative estimate of drug-likeness (QED) is 0.239. The minimum Gasteiger partial charge on any atom is -0.497 e. The van der Waals surface area contributed by atoms with E-state index < -0.39 is 10.8 Å². The Balaban J connectivity index is 1.90. The maximum atomic E-state index is 12.5. The highest BCUT2D eigenvalue weighted by Crippen LogP contribution is 2.34. The fourth-order valence-electron chi connectivity index (χ4n) is 2.83. The van der Waals surface area contributed by atoms with E-state index in [1.165, 1.54) is 37.5 Å². The zero-order valence-electron chi connectivity index (χ0n) is 16.5. The average molecular weight is 438 g/mol. The lowest BCUT2D eigenvalue weighted by atomic mass is 10.1. The first kappa shape index (κ1) is 21.6. The van der Waals surface area contributed by atoms with Gasteiger partial charge in [0.1, 0.15) is 28.9 Å². The highest BCUT2D eigenvalue weighted by atomic mass is 35.5. The summed E-state index contributed by atoms with van der Waals surface area (Å²) in [5.74, 6) is 0.0652. The van der Waals surface area contributed by atoms with Crippen LogP contribution in [0.15, 0.2) is 58.5 Å². The second kappa shape index (κ2) is 9.15. The third-order valence-electron chi connectivity index (χ3n) is 4.41. The number of amides is 1. The van der Waals surface area contributed by atoms with Gasteiger partial charge in [-0.25, -0.2) is 0 Å². The predicted molar refractivity (Wildman–Crippen MR) is 116 cm³/mol. The molecule has 1 aromatic heterocycles. The number of carbonyl (C=O) groups excluding carboxylic acids is 1. The number of hydrogen-bond donors (Lipinski definition) is 1. The number of halogens is 1. The summed E-state index contributed by atoms with van der Waals surface area (Å²) in [6, 6.07) is 14.4. The minimum absolute atomic E-state index is 0.183. The maximum Gasteiger partial charge on any atom is 0.284 e. The third-order valence-corrected chi connectivity index (χ3v) is 4.72. The number of rotatable bonds is 6. The van der Waals surface area contributed by atoms with E-state index >= 15 is 0 Å². The van der Waals surface area contributed by atoms with Crippen LogP contribution in [0.25, 0.3) is 17.4 Å². The Morgan fingerprint density at radius 3 is 2.71 bits per heavy atom. The number of furan rings is 1. The van der Waals surface area contributed by atoms with E-state index in [4.69, 9.17) is 20.8 Å². The van der Waals surface area contributed by atoms with Gasteiger partial charge in [-0.05, 0) is 42.8 Å². The van der Waals surface area contributed by atoms with Crippen molar-refractivity contribution in [2.75, 3.05) is 12.4 Å². The molecular weight excluding hydrogens is 422 g/mol. The van der Waals surface area contributed by atoms with E-state index in [9.17, 15) is 20.2 Å². The Morgan fingerprint density at radius 2 is 2.06 bits per heavy atom. The van der Waals surface area contributed by atoms with Gasteiger partial charge in [0, 0.05) is 6.08 Å². The smallest absolute Gasteiger partial charge is 0.284 e. The zero-order valence-corrected chi connectivity index (χ0v) is 17.3. The van der Waals surface area contributed by atoms with Gasteiger partial charge in [-0.1, -0.05) is 23.7 Å². The topological polar surface area (TPSA) is 118 Å². The van der Waals surface area contributed by atoms with Gasteiger partial charge >= 0.3 is 0 Å². The van der Waals surface area contributed by atoms with Crippen LogP contribution in [0, 0.1) is 28.4 Å². The lowest BCUT2D eigenvalue weighted by molar-refractivity contribution is -0.384. The highest BCUT2D eigenvalue weighted by Gasteiger charge is 2.20. The normalized spacial score (nSPS) is 11.0. The van der Waals surface area contributed by atoms with Crippen molar-refractivity contribution in [3.05, 3.63) is 80.6 Å². The standard InChI is InChI=1S/C22H16ClN3O5/c1-13-4-3-5-18(23)21(13)25-22(27)14(12-24)10-16-7-9-20(31-16)17-8-6-15(30-2)11-19(17)26(28)29/h3-11H,1-2H3,(H,25,27)/b14-10+. The van der Waals surface area contributed by atoms with Crippen LogP contribution in [0.1, 0.15) is 11.3 Å². The molecule has 8 nitrogen and oxygen atoms in total. The van der Waals surface area contributed by atoms with E-state index in [1.54, 1.807) is 31.2 Å². The second-order valence-electron chi connectivity index (χ2n) is 6.40. The van der Waals surface area contributed by atoms with E-state index in [2.05, 4.69) is 5.32 Å². The van der Waals surface area contributed by atoms with Gasteiger partial charge in [0.15, 0.2) is 0 Å². The number of nitro groups is 1. The van der Waals surface area contributed by atoms with Crippen molar-refractivity contribution in [2.45, 2.75) is 6.92 Å². The number of para-hydroxylation sites is 1. The van der Waals surface area contributed by atoms with Crippen LogP contribution >= 0.6 is 11.6 Å². The zero-order chi connectivity index (χ0) is 22.5. The Morgan fingerprint density at radius 1 is 1.29 bits per heavy atom. The fraction of sp³-hybridized carbons (Fsp3) is 0.0909. The molecule has 31 heavy (non-hydrogen) atoms. The van der Waals surface area contributed by atoms with E-state index in [0.29, 0.717) is 16.5 Å². The molecule has 1 heterocycles. The summed E-state index contributed by atoms with van der Waals surface area (Å²) in [6.45, 7) is 1.78. The molecule has 0 unspecified atom stereocenters. The molecule has 0 saturated heterocycles. The van der Waals surface area contributed by atoms with Crippen molar-refractivity contribution in [1.82, 2.24) is 0 Å². The summed E-state index contributed by atoms with van der Waals surface area (Å²) in [5.41, 5.74) is 0.968. The number of benzene rings is 2. The van der Waals surface area contributed by atoms with Crippen LogP contribution in [0.4, 0.5) is 11.4 Å². The largest absolute Gasteiger partial charge is 0.497 e. The van der Waals surface area contributed by atoms with Gasteiger partial charge in [-0.15, -0.1) is 0 Å². The lowest BCUT2D eigenvalue weighted by Crippen LogP contribution is -2.14. The predicted octanol–water partition coefficient (Wildman–Crippen LogP) is 5.37. The number of nitro benzene ring substituents is 1. The molecule has 0 bridgehead atoms. The van der Waals surface area contributed by atoms with Gasteiger partial charge in [-0.2, -0.15) is 5.26 Å². The molecule has 9 heteroatoms. The van der Waals surface area contributed by atoms with Crippen LogP contribution in [-0.4, -0.2) is 17.9 Å². The summed E-state index contributed by atoms with van der Waals surface area (Å²) in [5, 5.41) is 23.8. The SMILES string of the molecule is COc1ccc(-c2ccc(/C=C(\C#N)C(=O)Nc3c(C)cccc3Cl)o2)c([N+](=O)[O-])c1. The number of hydrogen-bond acceptors (Lipinski definition) is 6. The van der Waals surface area contributed by atoms with Crippen molar-refractivity contribution in [1.29, 1.82) is 5.26 Å². The molecule has 0 aliphatic heterocycles. The van der Waals surface area contributed by atoms with Gasteiger partial charge in [0.25, 0.3) is 11.6 Å². The van der Waals surface area contributed by atoms with Crippen LogP contribution in [0.3, 0.4) is 0 Å². The van der Waals surface area contributed by atoms with E-state index in [-0.39, 0.29) is 28.3 Å². The summed E-state index contributed by atoms with van der Waals surface area (Å²) in [7, 11) is 1.41. The fourth-order valence-corrected chi connectivity index (χ4v) is 3.10. The minimum atomic E-state index is -0.660. The Bertz CT molecular complexity index is 1220. The van der Waals surface area contributed by atoms with Crippen LogP contribution in [0.5, 0.6) is 5.75 Å². The van der Waals surface area contributed by atoms with Crippen molar-refractivity contribution >= 4 is 35.0 Å². The maximum absolute atomic E-state index is 12.5. The first-order valence-corrected chi connectivity index (χ1v) is 9.32. The molecule has 0 fully saturated rings. The average Bonchev–Trinajstić information content (AvgIpc) is 3.22. The molecule has 0 spiro atoms. The molecule has 1 N–H and O–H groups in total. The molecule has 0 radical (unpaired) electrons. The van der Waals surface area contributed by atoms with Crippen molar-refractivity contribution in [3.63, 3.8) is 0 Å². The molecule has 0 saturated carbocycles. The molecule has 0 aliphatic carbocycles. The molecule has 2 aromatic carbocycles. The molecule has 1 amide bonds. The summed E-state index contributed by atoms with van der Waals surface area (Å²) in [4.78, 5) is 23.4. The van der Waals surface area contributed by atoms with E-state index in [0.717, 1.165) is 5.56 Å². The highest BCUT2D eigenvalue weighted by molar-refractivity contribution is 6.34. The van der Waals surface area contributed by atoms with Crippen molar-refractivity contribution in [3.8, 4) is 23.1 Å². The molecule has 156 valence electrons.